The third-order valence-electron chi connectivity index (χ3n) is 4.80. The van der Waals surface area contributed by atoms with Gasteiger partial charge < -0.3 is 5.11 Å². The first-order valence-electron chi connectivity index (χ1n) is 11.0. The number of hydrogen-bond donors (Lipinski definition) is 1. The molecule has 0 amide bonds. The minimum absolute atomic E-state index is 0.189. The van der Waals surface area contributed by atoms with Crippen molar-refractivity contribution in [2.75, 3.05) is 19.0 Å². The second-order valence-electron chi connectivity index (χ2n) is 7.49. The van der Waals surface area contributed by atoms with Crippen LogP contribution in [0.1, 0.15) is 110 Å². The molecule has 0 saturated heterocycles. The van der Waals surface area contributed by atoms with Crippen molar-refractivity contribution in [3.05, 3.63) is 0 Å². The number of unbranched alkanes of at least 4 members (excludes halogenated alkanes) is 14. The molecule has 0 bridgehead atoms. The zero-order valence-corrected chi connectivity index (χ0v) is 18.2. The highest BCUT2D eigenvalue weighted by Crippen LogP contribution is 2.13. The first-order valence-corrected chi connectivity index (χ1v) is 12.6. The van der Waals surface area contributed by atoms with E-state index in [9.17, 15) is 13.2 Å². The van der Waals surface area contributed by atoms with Crippen molar-refractivity contribution in [1.29, 1.82) is 0 Å². The van der Waals surface area contributed by atoms with Crippen LogP contribution in [0.25, 0.3) is 0 Å². The maximum atomic E-state index is 11.6. The van der Waals surface area contributed by atoms with Crippen LogP contribution in [0, 0.1) is 0 Å². The highest BCUT2D eigenvalue weighted by Gasteiger charge is 2.12. The highest BCUT2D eigenvalue weighted by atomic mass is 32.2. The molecule has 0 fully saturated rings. The third-order valence-corrected chi connectivity index (χ3v) is 5.96. The van der Waals surface area contributed by atoms with Crippen molar-refractivity contribution < 1.29 is 22.5 Å². The molecule has 0 aliphatic rings. The Morgan fingerprint density at radius 1 is 0.741 bits per heavy atom. The summed E-state index contributed by atoms with van der Waals surface area (Å²) in [6.07, 6.45) is 19.5. The number of hydrogen-bond acceptors (Lipinski definition) is 5. The van der Waals surface area contributed by atoms with Crippen molar-refractivity contribution >= 4 is 15.9 Å². The fourth-order valence-corrected chi connectivity index (χ4v) is 3.74. The molecule has 0 rings (SSSR count). The molecule has 27 heavy (non-hydrogen) atoms. The van der Waals surface area contributed by atoms with Gasteiger partial charge in [0.1, 0.15) is 6.61 Å². The predicted octanol–water partition coefficient (Wildman–Crippen LogP) is 5.16. The number of carbonyl (C=O) groups excluding carboxylic acids is 1. The summed E-state index contributed by atoms with van der Waals surface area (Å²) < 4.78 is 27.0. The summed E-state index contributed by atoms with van der Waals surface area (Å²) in [5, 5.41) is 8.58. The fourth-order valence-electron chi connectivity index (χ4n) is 3.09. The van der Waals surface area contributed by atoms with Crippen LogP contribution < -0.4 is 0 Å². The van der Waals surface area contributed by atoms with E-state index in [0.29, 0.717) is 6.42 Å². The zero-order valence-electron chi connectivity index (χ0n) is 17.4. The number of Topliss-reactive ketones (excluding diaryl/α,β-unsaturated/α-hetero) is 1. The van der Waals surface area contributed by atoms with E-state index >= 15 is 0 Å². The van der Waals surface area contributed by atoms with Gasteiger partial charge in [-0.3, -0.25) is 8.98 Å². The molecule has 0 spiro atoms. The Morgan fingerprint density at radius 3 is 1.56 bits per heavy atom. The lowest BCUT2D eigenvalue weighted by atomic mass is 10.0. The number of aliphatic hydroxyl groups is 1. The molecule has 1 N–H and O–H groups in total. The molecule has 0 aliphatic heterocycles. The minimum atomic E-state index is -3.76. The molecule has 6 heteroatoms. The summed E-state index contributed by atoms with van der Waals surface area (Å²) in [5.41, 5.74) is 0. The van der Waals surface area contributed by atoms with E-state index in [1.165, 1.54) is 77.0 Å². The summed E-state index contributed by atoms with van der Waals surface area (Å²) in [4.78, 5) is 11.6. The van der Waals surface area contributed by atoms with Gasteiger partial charge in [0.2, 0.25) is 0 Å². The molecule has 0 aliphatic carbocycles. The van der Waals surface area contributed by atoms with E-state index < -0.39 is 29.1 Å². The second-order valence-corrected chi connectivity index (χ2v) is 9.25. The smallest absolute Gasteiger partial charge is 0.270 e. The Hall–Kier alpha value is -0.460. The Morgan fingerprint density at radius 2 is 1.15 bits per heavy atom. The molecule has 0 aromatic carbocycles. The normalized spacial score (nSPS) is 11.8. The number of aliphatic hydroxyl groups excluding tert-OH is 1. The van der Waals surface area contributed by atoms with E-state index in [0.717, 1.165) is 19.3 Å². The minimum Gasteiger partial charge on any atom is -0.395 e. The molecule has 0 heterocycles. The van der Waals surface area contributed by atoms with Gasteiger partial charge in [-0.2, -0.15) is 8.42 Å². The summed E-state index contributed by atoms with van der Waals surface area (Å²) >= 11 is 0. The zero-order chi connectivity index (χ0) is 20.2. The van der Waals surface area contributed by atoms with Crippen molar-refractivity contribution in [3.8, 4) is 0 Å². The van der Waals surface area contributed by atoms with Gasteiger partial charge in [0.15, 0.2) is 5.78 Å². The molecule has 5 nitrogen and oxygen atoms in total. The largest absolute Gasteiger partial charge is 0.395 e. The lowest BCUT2D eigenvalue weighted by Crippen LogP contribution is -2.18. The Labute approximate surface area is 167 Å². The van der Waals surface area contributed by atoms with Crippen LogP contribution in [-0.4, -0.2) is 38.3 Å². The summed E-state index contributed by atoms with van der Waals surface area (Å²) in [6.45, 7) is 1.36. The average molecular weight is 407 g/mol. The number of carbonyl (C=O) groups is 1. The van der Waals surface area contributed by atoms with E-state index in [1.54, 1.807) is 0 Å². The standard InChI is InChI=1S/C21H42O5S/c1-2-3-4-5-6-7-8-9-10-11-12-13-14-15-16-17-21(23)20-26-27(24,25)19-18-22/h22H,2-20H2,1H3. The van der Waals surface area contributed by atoms with Crippen LogP contribution in [-0.2, 0) is 19.1 Å². The van der Waals surface area contributed by atoms with Crippen molar-refractivity contribution in [2.45, 2.75) is 110 Å². The highest BCUT2D eigenvalue weighted by molar-refractivity contribution is 7.86. The lowest BCUT2D eigenvalue weighted by Gasteiger charge is -2.04. The molecule has 0 atom stereocenters. The predicted molar refractivity (Wildman–Crippen MR) is 111 cm³/mol. The van der Waals surface area contributed by atoms with Gasteiger partial charge >= 0.3 is 0 Å². The van der Waals surface area contributed by atoms with E-state index in [1.807, 2.05) is 0 Å². The number of rotatable bonds is 21. The molecular weight excluding hydrogens is 364 g/mol. The van der Waals surface area contributed by atoms with E-state index in [2.05, 4.69) is 11.1 Å². The van der Waals surface area contributed by atoms with Crippen LogP contribution >= 0.6 is 0 Å². The second kappa shape index (κ2) is 18.9. The average Bonchev–Trinajstić information content (AvgIpc) is 2.63. The first-order chi connectivity index (χ1) is 13.0. The Balaban J connectivity index is 3.27. The van der Waals surface area contributed by atoms with Crippen LogP contribution in [0.4, 0.5) is 0 Å². The molecule has 0 radical (unpaired) electrons. The van der Waals surface area contributed by atoms with Crippen LogP contribution in [0.3, 0.4) is 0 Å². The monoisotopic (exact) mass is 406 g/mol. The topological polar surface area (TPSA) is 80.7 Å². The third kappa shape index (κ3) is 20.1. The van der Waals surface area contributed by atoms with Gasteiger partial charge in [-0.1, -0.05) is 96.8 Å². The summed E-state index contributed by atoms with van der Waals surface area (Å²) in [7, 11) is -3.76. The molecule has 0 saturated carbocycles. The molecule has 162 valence electrons. The van der Waals surface area contributed by atoms with Crippen molar-refractivity contribution in [3.63, 3.8) is 0 Å². The quantitative estimate of drug-likeness (QED) is 0.210. The Bertz CT molecular complexity index is 434. The number of ketones is 1. The van der Waals surface area contributed by atoms with Crippen LogP contribution in [0.2, 0.25) is 0 Å². The maximum absolute atomic E-state index is 11.6. The fraction of sp³-hybridized carbons (Fsp3) is 0.952. The van der Waals surface area contributed by atoms with Gasteiger partial charge in [0.25, 0.3) is 10.1 Å². The van der Waals surface area contributed by atoms with Gasteiger partial charge in [-0.25, -0.2) is 0 Å². The maximum Gasteiger partial charge on any atom is 0.270 e. The Kier molecular flexibility index (Phi) is 18.6. The van der Waals surface area contributed by atoms with Crippen molar-refractivity contribution in [2.24, 2.45) is 0 Å². The van der Waals surface area contributed by atoms with E-state index in [4.69, 9.17) is 5.11 Å². The van der Waals surface area contributed by atoms with Gasteiger partial charge in [-0.15, -0.1) is 0 Å². The first kappa shape index (κ1) is 26.5. The van der Waals surface area contributed by atoms with Gasteiger partial charge in [0.05, 0.1) is 12.4 Å². The van der Waals surface area contributed by atoms with Crippen LogP contribution in [0.5, 0.6) is 0 Å². The summed E-state index contributed by atoms with van der Waals surface area (Å²) in [6, 6.07) is 0. The molecular formula is C21H42O5S. The lowest BCUT2D eigenvalue weighted by molar-refractivity contribution is -0.121. The SMILES string of the molecule is CCCCCCCCCCCCCCCCCC(=O)COS(=O)(=O)CCO. The molecule has 0 unspecified atom stereocenters. The van der Waals surface area contributed by atoms with E-state index in [-0.39, 0.29) is 5.78 Å². The van der Waals surface area contributed by atoms with Gasteiger partial charge in [0, 0.05) is 6.42 Å². The van der Waals surface area contributed by atoms with Crippen LogP contribution in [0.15, 0.2) is 0 Å². The van der Waals surface area contributed by atoms with Gasteiger partial charge in [-0.05, 0) is 6.42 Å². The molecule has 0 aromatic heterocycles. The summed E-state index contributed by atoms with van der Waals surface area (Å²) in [5.74, 6) is -0.648. The molecule has 0 aromatic rings. The van der Waals surface area contributed by atoms with Crippen molar-refractivity contribution in [1.82, 2.24) is 0 Å².